The maximum Gasteiger partial charge on any atom is 0.308 e. The van der Waals surface area contributed by atoms with Gasteiger partial charge in [-0.25, -0.2) is 0 Å². The molecule has 0 spiro atoms. The molecule has 0 saturated heterocycles. The minimum absolute atomic E-state index is 0.0129. The van der Waals surface area contributed by atoms with Crippen molar-refractivity contribution in [1.29, 1.82) is 0 Å². The lowest BCUT2D eigenvalue weighted by Gasteiger charge is -2.28. The molecular formula is C15H29NO2. The van der Waals surface area contributed by atoms with E-state index in [1.165, 1.54) is 25.7 Å². The van der Waals surface area contributed by atoms with Gasteiger partial charge < -0.3 is 10.1 Å². The van der Waals surface area contributed by atoms with E-state index in [4.69, 9.17) is 4.74 Å². The number of rotatable bonds is 8. The number of carbonyl (C=O) groups excluding carboxylic acids is 1. The molecule has 0 atom stereocenters. The molecule has 1 fully saturated rings. The molecule has 0 aliphatic heterocycles. The standard InChI is InChI=1S/C15H29NO2/c1-3-5-6-7-12-16-14-10-8-13(9-11-14)15(17)18-4-2/h13-14,16H,3-12H2,1-2H3. The molecule has 0 bridgehead atoms. The Morgan fingerprint density at radius 1 is 1.11 bits per heavy atom. The molecule has 1 N–H and O–H groups in total. The summed E-state index contributed by atoms with van der Waals surface area (Å²) in [5, 5.41) is 3.62. The van der Waals surface area contributed by atoms with E-state index in [9.17, 15) is 4.79 Å². The van der Waals surface area contributed by atoms with E-state index in [-0.39, 0.29) is 11.9 Å². The molecule has 0 radical (unpaired) electrons. The van der Waals surface area contributed by atoms with Crippen LogP contribution in [0.1, 0.15) is 65.2 Å². The summed E-state index contributed by atoms with van der Waals surface area (Å²) in [4.78, 5) is 11.6. The summed E-state index contributed by atoms with van der Waals surface area (Å²) in [6, 6.07) is 0.623. The van der Waals surface area contributed by atoms with Crippen molar-refractivity contribution >= 4 is 5.97 Å². The fraction of sp³-hybridized carbons (Fsp3) is 0.933. The molecule has 0 heterocycles. The normalized spacial score (nSPS) is 23.9. The summed E-state index contributed by atoms with van der Waals surface area (Å²) in [7, 11) is 0. The van der Waals surface area contributed by atoms with Gasteiger partial charge in [-0.05, 0) is 45.6 Å². The Balaban J connectivity index is 2.06. The number of hydrogen-bond donors (Lipinski definition) is 1. The maximum absolute atomic E-state index is 11.6. The minimum Gasteiger partial charge on any atom is -0.466 e. The van der Waals surface area contributed by atoms with Crippen molar-refractivity contribution in [3.63, 3.8) is 0 Å². The van der Waals surface area contributed by atoms with E-state index < -0.39 is 0 Å². The number of ether oxygens (including phenoxy) is 1. The highest BCUT2D eigenvalue weighted by Crippen LogP contribution is 2.25. The third-order valence-electron chi connectivity index (χ3n) is 3.81. The number of nitrogens with one attached hydrogen (secondary N) is 1. The Bertz CT molecular complexity index is 223. The molecule has 0 aromatic heterocycles. The third-order valence-corrected chi connectivity index (χ3v) is 3.81. The Hall–Kier alpha value is -0.570. The Labute approximate surface area is 112 Å². The van der Waals surface area contributed by atoms with Crippen LogP contribution in [0.2, 0.25) is 0 Å². The smallest absolute Gasteiger partial charge is 0.308 e. The highest BCUT2D eigenvalue weighted by molar-refractivity contribution is 5.72. The molecular weight excluding hydrogens is 226 g/mol. The van der Waals surface area contributed by atoms with Crippen molar-refractivity contribution in [3.05, 3.63) is 0 Å². The van der Waals surface area contributed by atoms with E-state index in [2.05, 4.69) is 12.2 Å². The minimum atomic E-state index is 0.0129. The zero-order valence-electron chi connectivity index (χ0n) is 12.0. The Kier molecular flexibility index (Phi) is 8.06. The monoisotopic (exact) mass is 255 g/mol. The first-order valence-corrected chi connectivity index (χ1v) is 7.68. The second-order valence-electron chi connectivity index (χ2n) is 5.32. The van der Waals surface area contributed by atoms with Crippen LogP contribution in [0.25, 0.3) is 0 Å². The summed E-state index contributed by atoms with van der Waals surface area (Å²) < 4.78 is 5.08. The Morgan fingerprint density at radius 2 is 1.83 bits per heavy atom. The van der Waals surface area contributed by atoms with Gasteiger partial charge in [0, 0.05) is 6.04 Å². The highest BCUT2D eigenvalue weighted by atomic mass is 16.5. The van der Waals surface area contributed by atoms with E-state index in [1.54, 1.807) is 0 Å². The summed E-state index contributed by atoms with van der Waals surface area (Å²) in [5.41, 5.74) is 0. The van der Waals surface area contributed by atoms with Gasteiger partial charge in [-0.15, -0.1) is 0 Å². The second kappa shape index (κ2) is 9.37. The van der Waals surface area contributed by atoms with Gasteiger partial charge in [0.25, 0.3) is 0 Å². The van der Waals surface area contributed by atoms with Crippen LogP contribution < -0.4 is 5.32 Å². The average molecular weight is 255 g/mol. The largest absolute Gasteiger partial charge is 0.466 e. The highest BCUT2D eigenvalue weighted by Gasteiger charge is 2.26. The number of esters is 1. The summed E-state index contributed by atoms with van der Waals surface area (Å²) in [6.07, 6.45) is 9.49. The van der Waals surface area contributed by atoms with E-state index in [1.807, 2.05) is 6.92 Å². The number of carbonyl (C=O) groups is 1. The van der Waals surface area contributed by atoms with Gasteiger partial charge in [-0.3, -0.25) is 4.79 Å². The van der Waals surface area contributed by atoms with Crippen LogP contribution in [0.5, 0.6) is 0 Å². The molecule has 0 amide bonds. The second-order valence-corrected chi connectivity index (χ2v) is 5.32. The van der Waals surface area contributed by atoms with Crippen molar-refractivity contribution in [3.8, 4) is 0 Å². The third kappa shape index (κ3) is 5.85. The summed E-state index contributed by atoms with van der Waals surface area (Å²) in [5.74, 6) is 0.169. The van der Waals surface area contributed by atoms with Gasteiger partial charge in [-0.1, -0.05) is 26.2 Å². The zero-order chi connectivity index (χ0) is 13.2. The molecule has 0 unspecified atom stereocenters. The topological polar surface area (TPSA) is 38.3 Å². The van der Waals surface area contributed by atoms with Crippen molar-refractivity contribution in [1.82, 2.24) is 5.32 Å². The first kappa shape index (κ1) is 15.5. The molecule has 0 aromatic rings. The van der Waals surface area contributed by atoms with Gasteiger partial charge in [0.15, 0.2) is 0 Å². The Morgan fingerprint density at radius 3 is 2.44 bits per heavy atom. The van der Waals surface area contributed by atoms with Crippen LogP contribution in [0.3, 0.4) is 0 Å². The van der Waals surface area contributed by atoms with Crippen LogP contribution in [-0.4, -0.2) is 25.2 Å². The predicted octanol–water partition coefficient (Wildman–Crippen LogP) is 3.28. The lowest BCUT2D eigenvalue weighted by Crippen LogP contribution is -2.35. The number of hydrogen-bond acceptors (Lipinski definition) is 3. The van der Waals surface area contributed by atoms with Crippen LogP contribution in [-0.2, 0) is 9.53 Å². The van der Waals surface area contributed by atoms with E-state index >= 15 is 0 Å². The molecule has 1 saturated carbocycles. The van der Waals surface area contributed by atoms with Gasteiger partial charge in [-0.2, -0.15) is 0 Å². The van der Waals surface area contributed by atoms with Crippen molar-refractivity contribution in [2.75, 3.05) is 13.2 Å². The van der Waals surface area contributed by atoms with Crippen molar-refractivity contribution in [2.45, 2.75) is 71.3 Å². The lowest BCUT2D eigenvalue weighted by atomic mass is 9.86. The quantitative estimate of drug-likeness (QED) is 0.534. The molecule has 1 aliphatic rings. The molecule has 1 aliphatic carbocycles. The first-order chi connectivity index (χ1) is 8.77. The summed E-state index contributed by atoms with van der Waals surface area (Å²) >= 11 is 0. The van der Waals surface area contributed by atoms with Gasteiger partial charge >= 0.3 is 5.97 Å². The van der Waals surface area contributed by atoms with Gasteiger partial charge in [0.1, 0.15) is 0 Å². The van der Waals surface area contributed by atoms with Crippen LogP contribution in [0.15, 0.2) is 0 Å². The summed E-state index contributed by atoms with van der Waals surface area (Å²) in [6.45, 7) is 5.76. The maximum atomic E-state index is 11.6. The predicted molar refractivity (Wildman–Crippen MR) is 74.5 cm³/mol. The molecule has 1 rings (SSSR count). The van der Waals surface area contributed by atoms with E-state index in [0.29, 0.717) is 12.6 Å². The van der Waals surface area contributed by atoms with Crippen molar-refractivity contribution in [2.24, 2.45) is 5.92 Å². The molecule has 0 aromatic carbocycles. The SMILES string of the molecule is CCCCCCNC1CCC(C(=O)OCC)CC1. The zero-order valence-corrected chi connectivity index (χ0v) is 12.0. The molecule has 18 heavy (non-hydrogen) atoms. The first-order valence-electron chi connectivity index (χ1n) is 7.68. The molecule has 106 valence electrons. The fourth-order valence-electron chi connectivity index (χ4n) is 2.65. The molecule has 3 nitrogen and oxygen atoms in total. The van der Waals surface area contributed by atoms with Crippen LogP contribution in [0.4, 0.5) is 0 Å². The van der Waals surface area contributed by atoms with Crippen LogP contribution in [0, 0.1) is 5.92 Å². The van der Waals surface area contributed by atoms with E-state index in [0.717, 1.165) is 32.2 Å². The lowest BCUT2D eigenvalue weighted by molar-refractivity contribution is -0.149. The van der Waals surface area contributed by atoms with Gasteiger partial charge in [0.05, 0.1) is 12.5 Å². The average Bonchev–Trinajstić information content (AvgIpc) is 2.39. The van der Waals surface area contributed by atoms with Crippen LogP contribution >= 0.6 is 0 Å². The molecule has 3 heteroatoms. The van der Waals surface area contributed by atoms with Gasteiger partial charge in [0.2, 0.25) is 0 Å². The fourth-order valence-corrected chi connectivity index (χ4v) is 2.65. The van der Waals surface area contributed by atoms with Crippen molar-refractivity contribution < 1.29 is 9.53 Å². The number of unbranched alkanes of at least 4 members (excludes halogenated alkanes) is 3.